The number of carbonyl (C=O) groups is 1. The van der Waals surface area contributed by atoms with Crippen LogP contribution in [0.1, 0.15) is 15.9 Å². The van der Waals surface area contributed by atoms with Crippen LogP contribution in [0, 0.1) is 0 Å². The molecule has 0 aliphatic rings. The number of sulfonamides is 1. The number of rotatable bonds is 5. The van der Waals surface area contributed by atoms with E-state index in [0.29, 0.717) is 16.5 Å². The molecular weight excluding hydrogens is 386 g/mol. The smallest absolute Gasteiger partial charge is 0.268 e. The zero-order chi connectivity index (χ0) is 20.3. The molecule has 2 aromatic heterocycles. The molecule has 0 aliphatic heterocycles. The average Bonchev–Trinajstić information content (AvgIpc) is 2.78. The van der Waals surface area contributed by atoms with E-state index >= 15 is 0 Å². The van der Waals surface area contributed by atoms with Gasteiger partial charge in [0.25, 0.3) is 15.9 Å². The van der Waals surface area contributed by atoms with Gasteiger partial charge in [0.15, 0.2) is 0 Å². The minimum atomic E-state index is -4.18. The van der Waals surface area contributed by atoms with Crippen LogP contribution in [-0.4, -0.2) is 28.6 Å². The van der Waals surface area contributed by atoms with Crippen molar-refractivity contribution in [1.82, 2.24) is 14.3 Å². The predicted molar refractivity (Wildman–Crippen MR) is 109 cm³/mol. The fraction of sp³-hybridized carbons (Fsp3) is 0.0455. The SMILES string of the molecule is O=C(c1cccnc1)N(Cc1ccccc1)S(=O)(=O)c1cccc2cccnc12. The van der Waals surface area contributed by atoms with Gasteiger partial charge in [0, 0.05) is 24.0 Å². The molecule has 29 heavy (non-hydrogen) atoms. The second kappa shape index (κ2) is 7.81. The summed E-state index contributed by atoms with van der Waals surface area (Å²) in [4.78, 5) is 21.4. The summed E-state index contributed by atoms with van der Waals surface area (Å²) in [5.74, 6) is -0.644. The van der Waals surface area contributed by atoms with Gasteiger partial charge in [-0.25, -0.2) is 12.7 Å². The van der Waals surface area contributed by atoms with E-state index in [4.69, 9.17) is 0 Å². The highest BCUT2D eigenvalue weighted by Crippen LogP contribution is 2.26. The molecular formula is C22H17N3O3S. The summed E-state index contributed by atoms with van der Waals surface area (Å²) in [7, 11) is -4.18. The minimum Gasteiger partial charge on any atom is -0.268 e. The first-order chi connectivity index (χ1) is 14.1. The summed E-state index contributed by atoms with van der Waals surface area (Å²) in [6, 6.07) is 20.6. The lowest BCUT2D eigenvalue weighted by Gasteiger charge is -2.23. The topological polar surface area (TPSA) is 80.2 Å². The number of hydrogen-bond donors (Lipinski definition) is 0. The third-order valence-electron chi connectivity index (χ3n) is 4.47. The summed E-state index contributed by atoms with van der Waals surface area (Å²) >= 11 is 0. The Hall–Kier alpha value is -3.58. The third-order valence-corrected chi connectivity index (χ3v) is 6.23. The standard InChI is InChI=1S/C22H17N3O3S/c26-22(19-11-5-13-23-15-19)25(16-17-7-2-1-3-8-17)29(27,28)20-12-4-9-18-10-6-14-24-21(18)20/h1-15H,16H2. The Labute approximate surface area is 168 Å². The number of benzene rings is 2. The van der Waals surface area contributed by atoms with Crippen LogP contribution in [0.25, 0.3) is 10.9 Å². The van der Waals surface area contributed by atoms with Crippen molar-refractivity contribution < 1.29 is 13.2 Å². The number of pyridine rings is 2. The van der Waals surface area contributed by atoms with E-state index in [0.717, 1.165) is 4.31 Å². The molecule has 0 aliphatic carbocycles. The van der Waals surface area contributed by atoms with Crippen LogP contribution in [0.3, 0.4) is 0 Å². The van der Waals surface area contributed by atoms with Crippen LogP contribution in [0.5, 0.6) is 0 Å². The van der Waals surface area contributed by atoms with Crippen molar-refractivity contribution in [2.24, 2.45) is 0 Å². The van der Waals surface area contributed by atoms with Crippen LogP contribution in [0.15, 0.2) is 96.3 Å². The van der Waals surface area contributed by atoms with Crippen LogP contribution in [0.2, 0.25) is 0 Å². The number of para-hydroxylation sites is 1. The predicted octanol–water partition coefficient (Wildman–Crippen LogP) is 3.66. The van der Waals surface area contributed by atoms with Crippen LogP contribution in [-0.2, 0) is 16.6 Å². The summed E-state index contributed by atoms with van der Waals surface area (Å²) in [6.07, 6.45) is 4.42. The summed E-state index contributed by atoms with van der Waals surface area (Å²) in [5.41, 5.74) is 1.22. The van der Waals surface area contributed by atoms with Crippen molar-refractivity contribution in [2.75, 3.05) is 0 Å². The lowest BCUT2D eigenvalue weighted by atomic mass is 10.2. The highest BCUT2D eigenvalue weighted by atomic mass is 32.2. The zero-order valence-corrected chi connectivity index (χ0v) is 16.2. The van der Waals surface area contributed by atoms with Gasteiger partial charge in [0.2, 0.25) is 0 Å². The monoisotopic (exact) mass is 403 g/mol. The molecule has 4 rings (SSSR count). The van der Waals surface area contributed by atoms with E-state index in [1.54, 1.807) is 60.7 Å². The van der Waals surface area contributed by atoms with Crippen molar-refractivity contribution in [3.05, 3.63) is 103 Å². The highest BCUT2D eigenvalue weighted by Gasteiger charge is 2.32. The Morgan fingerprint density at radius 2 is 1.62 bits per heavy atom. The molecule has 7 heteroatoms. The second-order valence-corrected chi connectivity index (χ2v) is 8.21. The number of carbonyl (C=O) groups excluding carboxylic acids is 1. The minimum absolute atomic E-state index is 0.0104. The number of nitrogens with zero attached hydrogens (tertiary/aromatic N) is 3. The first-order valence-corrected chi connectivity index (χ1v) is 10.4. The molecule has 2 heterocycles. The summed E-state index contributed by atoms with van der Waals surface area (Å²) in [5, 5.41) is 0.682. The van der Waals surface area contributed by atoms with Gasteiger partial charge in [-0.15, -0.1) is 0 Å². The quantitative estimate of drug-likeness (QED) is 0.508. The van der Waals surface area contributed by atoms with Crippen molar-refractivity contribution >= 4 is 26.8 Å². The van der Waals surface area contributed by atoms with E-state index in [1.807, 2.05) is 6.07 Å². The summed E-state index contributed by atoms with van der Waals surface area (Å²) < 4.78 is 28.1. The Balaban J connectivity index is 1.86. The highest BCUT2D eigenvalue weighted by molar-refractivity contribution is 7.89. The van der Waals surface area contributed by atoms with Gasteiger partial charge < -0.3 is 0 Å². The molecule has 0 N–H and O–H groups in total. The molecule has 0 atom stereocenters. The molecule has 0 spiro atoms. The maximum atomic E-state index is 13.6. The van der Waals surface area contributed by atoms with Crippen LogP contribution >= 0.6 is 0 Å². The molecule has 0 saturated heterocycles. The van der Waals surface area contributed by atoms with Crippen molar-refractivity contribution in [3.63, 3.8) is 0 Å². The first kappa shape index (κ1) is 18.8. The lowest BCUT2D eigenvalue weighted by Crippen LogP contribution is -2.36. The molecule has 0 bridgehead atoms. The fourth-order valence-electron chi connectivity index (χ4n) is 3.05. The van der Waals surface area contributed by atoms with Gasteiger partial charge in [-0.3, -0.25) is 14.8 Å². The van der Waals surface area contributed by atoms with E-state index in [-0.39, 0.29) is 17.0 Å². The maximum Gasteiger partial charge on any atom is 0.269 e. The normalized spacial score (nSPS) is 11.3. The Bertz CT molecular complexity index is 1250. The number of hydrogen-bond acceptors (Lipinski definition) is 5. The third kappa shape index (κ3) is 3.72. The van der Waals surface area contributed by atoms with Crippen molar-refractivity contribution in [3.8, 4) is 0 Å². The van der Waals surface area contributed by atoms with Crippen molar-refractivity contribution in [2.45, 2.75) is 11.4 Å². The zero-order valence-electron chi connectivity index (χ0n) is 15.3. The fourth-order valence-corrected chi connectivity index (χ4v) is 4.60. The van der Waals surface area contributed by atoms with Gasteiger partial charge in [-0.1, -0.05) is 48.5 Å². The van der Waals surface area contributed by atoms with E-state index < -0.39 is 15.9 Å². The Morgan fingerprint density at radius 1 is 0.862 bits per heavy atom. The van der Waals surface area contributed by atoms with Gasteiger partial charge in [0.1, 0.15) is 4.90 Å². The Kier molecular flexibility index (Phi) is 5.05. The van der Waals surface area contributed by atoms with E-state index in [9.17, 15) is 13.2 Å². The van der Waals surface area contributed by atoms with Gasteiger partial charge in [-0.2, -0.15) is 0 Å². The van der Waals surface area contributed by atoms with Crippen LogP contribution < -0.4 is 0 Å². The molecule has 1 amide bonds. The average molecular weight is 403 g/mol. The number of fused-ring (bicyclic) bond motifs is 1. The molecule has 0 fully saturated rings. The van der Waals surface area contributed by atoms with E-state index in [2.05, 4.69) is 9.97 Å². The summed E-state index contributed by atoms with van der Waals surface area (Å²) in [6.45, 7) is -0.0971. The van der Waals surface area contributed by atoms with Crippen LogP contribution in [0.4, 0.5) is 0 Å². The maximum absolute atomic E-state index is 13.6. The second-order valence-electron chi connectivity index (χ2n) is 6.38. The molecule has 0 radical (unpaired) electrons. The molecule has 6 nitrogen and oxygen atoms in total. The van der Waals surface area contributed by atoms with Gasteiger partial charge >= 0.3 is 0 Å². The Morgan fingerprint density at radius 3 is 2.38 bits per heavy atom. The molecule has 4 aromatic rings. The van der Waals surface area contributed by atoms with E-state index in [1.165, 1.54) is 24.7 Å². The first-order valence-electron chi connectivity index (χ1n) is 8.92. The van der Waals surface area contributed by atoms with Gasteiger partial charge in [0.05, 0.1) is 17.6 Å². The van der Waals surface area contributed by atoms with Crippen molar-refractivity contribution in [1.29, 1.82) is 0 Å². The number of amides is 1. The lowest BCUT2D eigenvalue weighted by molar-refractivity contribution is 0.0854. The van der Waals surface area contributed by atoms with Gasteiger partial charge in [-0.05, 0) is 29.8 Å². The molecule has 2 aromatic carbocycles. The molecule has 144 valence electrons. The number of aromatic nitrogens is 2. The molecule has 0 unspecified atom stereocenters. The largest absolute Gasteiger partial charge is 0.269 e. The molecule has 0 saturated carbocycles.